The number of ether oxygens (including phenoxy) is 1. The van der Waals surface area contributed by atoms with Gasteiger partial charge in [0.1, 0.15) is 11.9 Å². The maximum absolute atomic E-state index is 13.3. The highest BCUT2D eigenvalue weighted by Crippen LogP contribution is 2.33. The van der Waals surface area contributed by atoms with Crippen molar-refractivity contribution in [3.63, 3.8) is 0 Å². The summed E-state index contributed by atoms with van der Waals surface area (Å²) in [7, 11) is 1.30. The first kappa shape index (κ1) is 23.4. The van der Waals surface area contributed by atoms with Gasteiger partial charge in [-0.15, -0.1) is 0 Å². The normalized spacial score (nSPS) is 16.4. The highest BCUT2D eigenvalue weighted by molar-refractivity contribution is 5.86. The van der Waals surface area contributed by atoms with Crippen LogP contribution in [0.1, 0.15) is 38.6 Å². The minimum absolute atomic E-state index is 0.0666. The molecule has 1 aliphatic rings. The fraction of sp³-hybridized carbons (Fsp3) is 0.346. The van der Waals surface area contributed by atoms with Gasteiger partial charge in [0, 0.05) is 17.9 Å². The Labute approximate surface area is 199 Å². The highest BCUT2D eigenvalue weighted by atomic mass is 16.5. The first-order valence-electron chi connectivity index (χ1n) is 11.6. The van der Waals surface area contributed by atoms with E-state index in [1.54, 1.807) is 0 Å². The second-order valence-electron chi connectivity index (χ2n) is 8.80. The molecule has 1 aliphatic heterocycles. The monoisotopic (exact) mass is 461 g/mol. The van der Waals surface area contributed by atoms with Crippen LogP contribution in [0.5, 0.6) is 0 Å². The van der Waals surface area contributed by atoms with Crippen molar-refractivity contribution in [2.24, 2.45) is 5.92 Å². The molecule has 3 N–H and O–H groups in total. The third-order valence-electron chi connectivity index (χ3n) is 6.10. The van der Waals surface area contributed by atoms with Crippen molar-refractivity contribution < 1.29 is 14.3 Å². The number of H-pyrrole nitrogens is 1. The Kier molecular flexibility index (Phi) is 7.15. The molecule has 8 heteroatoms. The molecule has 1 saturated heterocycles. The summed E-state index contributed by atoms with van der Waals surface area (Å²) in [6.07, 6.45) is 2.91. The number of nitrogens with zero attached hydrogens (tertiary/aromatic N) is 2. The van der Waals surface area contributed by atoms with Crippen LogP contribution >= 0.6 is 0 Å². The van der Waals surface area contributed by atoms with E-state index in [0.717, 1.165) is 41.3 Å². The number of para-hydroxylation sites is 1. The Morgan fingerprint density at radius 1 is 1.09 bits per heavy atom. The smallest absolute Gasteiger partial charge is 0.407 e. The van der Waals surface area contributed by atoms with Gasteiger partial charge in [-0.1, -0.05) is 44.2 Å². The molecule has 0 saturated carbocycles. The van der Waals surface area contributed by atoms with E-state index in [1.807, 2.05) is 79.5 Å². The number of likely N-dealkylation sites (tertiary alicyclic amines) is 1. The van der Waals surface area contributed by atoms with Crippen LogP contribution in [0.25, 0.3) is 11.3 Å². The van der Waals surface area contributed by atoms with E-state index in [0.29, 0.717) is 6.54 Å². The highest BCUT2D eigenvalue weighted by Gasteiger charge is 2.37. The average Bonchev–Trinajstić information content (AvgIpc) is 3.53. The maximum Gasteiger partial charge on any atom is 0.407 e. The van der Waals surface area contributed by atoms with Crippen LogP contribution in [0.3, 0.4) is 0 Å². The Morgan fingerprint density at radius 2 is 1.79 bits per heavy atom. The molecule has 2 aromatic carbocycles. The number of aromatic amines is 1. The van der Waals surface area contributed by atoms with Crippen LogP contribution in [0.2, 0.25) is 0 Å². The topological polar surface area (TPSA) is 99.3 Å². The molecule has 2 amide bonds. The molecule has 1 aromatic heterocycles. The van der Waals surface area contributed by atoms with Crippen LogP contribution < -0.4 is 10.6 Å². The summed E-state index contributed by atoms with van der Waals surface area (Å²) in [5.41, 5.74) is 3.95. The maximum atomic E-state index is 13.3. The van der Waals surface area contributed by atoms with E-state index >= 15 is 0 Å². The van der Waals surface area contributed by atoms with Gasteiger partial charge in [-0.2, -0.15) is 0 Å². The Hall–Kier alpha value is -3.81. The zero-order valence-corrected chi connectivity index (χ0v) is 19.7. The number of amides is 2. The Bertz CT molecular complexity index is 1110. The van der Waals surface area contributed by atoms with Gasteiger partial charge < -0.3 is 25.3 Å². The number of nitrogens with one attached hydrogen (secondary N) is 3. The van der Waals surface area contributed by atoms with Crippen molar-refractivity contribution in [3.05, 3.63) is 66.6 Å². The average molecular weight is 462 g/mol. The first-order valence-corrected chi connectivity index (χ1v) is 11.6. The van der Waals surface area contributed by atoms with E-state index in [1.165, 1.54) is 7.11 Å². The predicted octanol–water partition coefficient (Wildman–Crippen LogP) is 4.86. The molecule has 2 atom stereocenters. The van der Waals surface area contributed by atoms with Crippen molar-refractivity contribution >= 4 is 23.4 Å². The van der Waals surface area contributed by atoms with Crippen LogP contribution in [0, 0.1) is 5.92 Å². The molecule has 178 valence electrons. The molecule has 0 radical (unpaired) electrons. The standard InChI is InChI=1S/C26H31N5O3/c1-17(2)23(30-26(33)34-3)25(32)31-15-7-10-22(31)24-27-16-21(29-24)18-11-13-20(14-12-18)28-19-8-5-4-6-9-19/h4-6,8-9,11-14,16-17,22-23,28H,7,10,15H2,1-3H3,(H,27,29)(H,30,33). The van der Waals surface area contributed by atoms with Crippen molar-refractivity contribution in [2.75, 3.05) is 19.0 Å². The number of aromatic nitrogens is 2. The summed E-state index contributed by atoms with van der Waals surface area (Å²) < 4.78 is 4.71. The summed E-state index contributed by atoms with van der Waals surface area (Å²) in [6.45, 7) is 4.45. The lowest BCUT2D eigenvalue weighted by atomic mass is 10.0. The SMILES string of the molecule is COC(=O)NC(C(=O)N1CCCC1c1ncc(-c2ccc(Nc3ccccc3)cc2)[nH]1)C(C)C. The van der Waals surface area contributed by atoms with Gasteiger partial charge >= 0.3 is 6.09 Å². The van der Waals surface area contributed by atoms with Crippen LogP contribution in [-0.4, -0.2) is 46.6 Å². The molecule has 2 unspecified atom stereocenters. The van der Waals surface area contributed by atoms with E-state index in [-0.39, 0.29) is 17.9 Å². The van der Waals surface area contributed by atoms with Gasteiger partial charge in [-0.25, -0.2) is 9.78 Å². The number of anilines is 2. The molecule has 8 nitrogen and oxygen atoms in total. The number of carbonyl (C=O) groups excluding carboxylic acids is 2. The number of carbonyl (C=O) groups is 2. The largest absolute Gasteiger partial charge is 0.453 e. The van der Waals surface area contributed by atoms with Gasteiger partial charge in [0.15, 0.2) is 0 Å². The zero-order chi connectivity index (χ0) is 24.1. The molecule has 4 rings (SSSR count). The number of hydrogen-bond acceptors (Lipinski definition) is 5. The fourth-order valence-corrected chi connectivity index (χ4v) is 4.27. The molecule has 3 aromatic rings. The van der Waals surface area contributed by atoms with Gasteiger partial charge in [-0.05, 0) is 48.6 Å². The summed E-state index contributed by atoms with van der Waals surface area (Å²) >= 11 is 0. The van der Waals surface area contributed by atoms with Gasteiger partial charge in [0.25, 0.3) is 0 Å². The van der Waals surface area contributed by atoms with Crippen LogP contribution in [0.4, 0.5) is 16.2 Å². The lowest BCUT2D eigenvalue weighted by Gasteiger charge is -2.30. The first-order chi connectivity index (χ1) is 16.5. The van der Waals surface area contributed by atoms with Crippen LogP contribution in [-0.2, 0) is 9.53 Å². The minimum atomic E-state index is -0.646. The van der Waals surface area contributed by atoms with Crippen molar-refractivity contribution in [1.82, 2.24) is 20.2 Å². The molecular weight excluding hydrogens is 430 g/mol. The number of methoxy groups -OCH3 is 1. The van der Waals surface area contributed by atoms with Crippen LogP contribution in [0.15, 0.2) is 60.8 Å². The fourth-order valence-electron chi connectivity index (χ4n) is 4.27. The van der Waals surface area contributed by atoms with Gasteiger partial charge in [-0.3, -0.25) is 4.79 Å². The zero-order valence-electron chi connectivity index (χ0n) is 19.7. The molecule has 0 spiro atoms. The lowest BCUT2D eigenvalue weighted by Crippen LogP contribution is -2.51. The van der Waals surface area contributed by atoms with Gasteiger partial charge in [0.05, 0.1) is 25.0 Å². The van der Waals surface area contributed by atoms with E-state index < -0.39 is 12.1 Å². The second-order valence-corrected chi connectivity index (χ2v) is 8.80. The van der Waals surface area contributed by atoms with E-state index in [4.69, 9.17) is 4.74 Å². The molecule has 2 heterocycles. The minimum Gasteiger partial charge on any atom is -0.453 e. The number of hydrogen-bond donors (Lipinski definition) is 3. The Balaban J connectivity index is 1.47. The summed E-state index contributed by atoms with van der Waals surface area (Å²) in [5.74, 6) is 0.577. The summed E-state index contributed by atoms with van der Waals surface area (Å²) in [5, 5.41) is 6.06. The number of benzene rings is 2. The Morgan fingerprint density at radius 3 is 2.47 bits per heavy atom. The lowest BCUT2D eigenvalue weighted by molar-refractivity contribution is -0.135. The molecule has 1 fully saturated rings. The third-order valence-corrected chi connectivity index (χ3v) is 6.10. The van der Waals surface area contributed by atoms with E-state index in [9.17, 15) is 9.59 Å². The summed E-state index contributed by atoms with van der Waals surface area (Å²) in [6, 6.07) is 17.4. The number of rotatable bonds is 7. The number of imidazole rings is 1. The third kappa shape index (κ3) is 5.22. The molecule has 0 aliphatic carbocycles. The van der Waals surface area contributed by atoms with Crippen molar-refractivity contribution in [3.8, 4) is 11.3 Å². The van der Waals surface area contributed by atoms with Crippen molar-refractivity contribution in [2.45, 2.75) is 38.8 Å². The quantitative estimate of drug-likeness (QED) is 0.466. The van der Waals surface area contributed by atoms with Gasteiger partial charge in [0.2, 0.25) is 5.91 Å². The predicted molar refractivity (Wildman–Crippen MR) is 132 cm³/mol. The second kappa shape index (κ2) is 10.4. The van der Waals surface area contributed by atoms with E-state index in [2.05, 4.69) is 20.6 Å². The number of alkyl carbamates (subject to hydrolysis) is 1. The molecule has 0 bridgehead atoms. The molecular formula is C26H31N5O3. The van der Waals surface area contributed by atoms with Crippen molar-refractivity contribution in [1.29, 1.82) is 0 Å². The molecule has 34 heavy (non-hydrogen) atoms. The summed E-state index contributed by atoms with van der Waals surface area (Å²) in [4.78, 5) is 34.9.